The van der Waals surface area contributed by atoms with Crippen LogP contribution in [0.4, 0.5) is 0 Å². The number of piperazine rings is 1. The molecule has 3 rings (SSSR count). The minimum atomic E-state index is -0.912. The summed E-state index contributed by atoms with van der Waals surface area (Å²) in [6, 6.07) is 0.653. The normalized spacial score (nSPS) is 21.6. The molecule has 3 fully saturated rings. The molecule has 9 nitrogen and oxygen atoms in total. The van der Waals surface area contributed by atoms with Gasteiger partial charge in [0, 0.05) is 64.7 Å². The average molecular weight is 482 g/mol. The van der Waals surface area contributed by atoms with E-state index in [1.165, 1.54) is 24.8 Å². The second-order valence-electron chi connectivity index (χ2n) is 8.36. The molecule has 0 aromatic rings. The maximum Gasteiger partial charge on any atom is 0.305 e. The van der Waals surface area contributed by atoms with E-state index in [4.69, 9.17) is 5.11 Å². The number of hydrogen-bond acceptors (Lipinski definition) is 6. The van der Waals surface area contributed by atoms with Gasteiger partial charge in [0.15, 0.2) is 0 Å². The number of aliphatic carboxylic acids is 1. The average Bonchev–Trinajstić information content (AvgIpc) is 2.74. The van der Waals surface area contributed by atoms with Crippen molar-refractivity contribution < 1.29 is 19.5 Å². The van der Waals surface area contributed by atoms with Crippen molar-refractivity contribution in [2.45, 2.75) is 45.1 Å². The standard InChI is InChI=1S/C20H35N5O4.2ClH/c1-16(26)25(11-6-19(27)28)24-9-4-17(5-10-24)20(29)23-14-12-22(13-15-23)18-2-7-21-8-3-18;;/h17-18,21H,2-15H2,1H3,(H,27,28);2*1H. The molecule has 180 valence electrons. The lowest BCUT2D eigenvalue weighted by Gasteiger charge is -2.43. The third-order valence-electron chi connectivity index (χ3n) is 6.51. The maximum atomic E-state index is 13.0. The van der Waals surface area contributed by atoms with Gasteiger partial charge in [-0.15, -0.1) is 24.8 Å². The van der Waals surface area contributed by atoms with Crippen molar-refractivity contribution in [3.63, 3.8) is 0 Å². The lowest BCUT2D eigenvalue weighted by atomic mass is 9.95. The highest BCUT2D eigenvalue weighted by molar-refractivity contribution is 5.85. The molecule has 0 atom stereocenters. The smallest absolute Gasteiger partial charge is 0.305 e. The van der Waals surface area contributed by atoms with Crippen LogP contribution in [0.2, 0.25) is 0 Å². The lowest BCUT2D eigenvalue weighted by Crippen LogP contribution is -2.56. The number of hydrazine groups is 1. The zero-order valence-electron chi connectivity index (χ0n) is 18.3. The van der Waals surface area contributed by atoms with Crippen molar-refractivity contribution in [3.05, 3.63) is 0 Å². The summed E-state index contributed by atoms with van der Waals surface area (Å²) in [5, 5.41) is 15.7. The Morgan fingerprint density at radius 2 is 1.52 bits per heavy atom. The fraction of sp³-hybridized carbons (Fsp3) is 0.850. The number of carbonyl (C=O) groups excluding carboxylic acids is 2. The van der Waals surface area contributed by atoms with Crippen LogP contribution in [-0.4, -0.2) is 108 Å². The lowest BCUT2D eigenvalue weighted by molar-refractivity contribution is -0.154. The van der Waals surface area contributed by atoms with Gasteiger partial charge in [0.25, 0.3) is 0 Å². The van der Waals surface area contributed by atoms with Crippen LogP contribution >= 0.6 is 24.8 Å². The summed E-state index contributed by atoms with van der Waals surface area (Å²) < 4.78 is 0. The van der Waals surface area contributed by atoms with Gasteiger partial charge in [-0.25, -0.2) is 5.01 Å². The molecule has 3 saturated heterocycles. The van der Waals surface area contributed by atoms with Gasteiger partial charge in [0.05, 0.1) is 6.42 Å². The second-order valence-corrected chi connectivity index (χ2v) is 8.36. The van der Waals surface area contributed by atoms with Crippen molar-refractivity contribution in [2.24, 2.45) is 5.92 Å². The van der Waals surface area contributed by atoms with Crippen LogP contribution in [0.15, 0.2) is 0 Å². The molecule has 11 heteroatoms. The van der Waals surface area contributed by atoms with E-state index in [1.54, 1.807) is 0 Å². The zero-order chi connectivity index (χ0) is 20.8. The number of amides is 2. The van der Waals surface area contributed by atoms with Crippen molar-refractivity contribution in [2.75, 3.05) is 58.9 Å². The Kier molecular flexibility index (Phi) is 12.1. The predicted molar refractivity (Wildman–Crippen MR) is 122 cm³/mol. The second kappa shape index (κ2) is 13.4. The molecule has 0 aromatic carbocycles. The zero-order valence-corrected chi connectivity index (χ0v) is 20.0. The highest BCUT2D eigenvalue weighted by atomic mass is 35.5. The summed E-state index contributed by atoms with van der Waals surface area (Å²) in [7, 11) is 0. The molecule has 0 aliphatic carbocycles. The van der Waals surface area contributed by atoms with Gasteiger partial charge in [0.2, 0.25) is 11.8 Å². The van der Waals surface area contributed by atoms with Crippen LogP contribution in [0.3, 0.4) is 0 Å². The SMILES string of the molecule is CC(=O)N(CCC(=O)O)N1CCC(C(=O)N2CCN(C3CCNCC3)CC2)CC1.Cl.Cl. The number of piperidine rings is 2. The number of hydrogen-bond donors (Lipinski definition) is 2. The fourth-order valence-corrected chi connectivity index (χ4v) is 4.79. The van der Waals surface area contributed by atoms with Gasteiger partial charge in [-0.3, -0.25) is 24.3 Å². The van der Waals surface area contributed by atoms with Crippen molar-refractivity contribution in [1.29, 1.82) is 0 Å². The van der Waals surface area contributed by atoms with Gasteiger partial charge in [-0.1, -0.05) is 0 Å². The first-order chi connectivity index (χ1) is 14.0. The van der Waals surface area contributed by atoms with E-state index in [9.17, 15) is 14.4 Å². The van der Waals surface area contributed by atoms with Crippen molar-refractivity contribution in [1.82, 2.24) is 25.1 Å². The highest BCUT2D eigenvalue weighted by Crippen LogP contribution is 2.23. The molecule has 0 spiro atoms. The summed E-state index contributed by atoms with van der Waals surface area (Å²) in [5.74, 6) is -0.811. The molecule has 0 saturated carbocycles. The van der Waals surface area contributed by atoms with E-state index in [-0.39, 0.29) is 55.5 Å². The summed E-state index contributed by atoms with van der Waals surface area (Å²) in [6.45, 7) is 8.59. The van der Waals surface area contributed by atoms with E-state index in [1.807, 2.05) is 9.91 Å². The summed E-state index contributed by atoms with van der Waals surface area (Å²) >= 11 is 0. The van der Waals surface area contributed by atoms with Crippen molar-refractivity contribution >= 4 is 42.6 Å². The molecule has 3 heterocycles. The van der Waals surface area contributed by atoms with E-state index >= 15 is 0 Å². The van der Waals surface area contributed by atoms with Crippen LogP contribution in [0.1, 0.15) is 39.0 Å². The predicted octanol–water partition coefficient (Wildman–Crippen LogP) is 0.676. The molecular formula is C20H37Cl2N5O4. The van der Waals surface area contributed by atoms with Crippen molar-refractivity contribution in [3.8, 4) is 0 Å². The number of carbonyl (C=O) groups is 3. The Hall–Kier alpha value is -1.13. The first-order valence-corrected chi connectivity index (χ1v) is 10.9. The quantitative estimate of drug-likeness (QED) is 0.575. The molecule has 2 N–H and O–H groups in total. The van der Waals surface area contributed by atoms with Crippen LogP contribution in [0.5, 0.6) is 0 Å². The maximum absolute atomic E-state index is 13.0. The van der Waals surface area contributed by atoms with E-state index < -0.39 is 5.97 Å². The molecule has 0 unspecified atom stereocenters. The van der Waals surface area contributed by atoms with Crippen LogP contribution < -0.4 is 5.32 Å². The molecule has 0 aromatic heterocycles. The highest BCUT2D eigenvalue weighted by Gasteiger charge is 2.33. The molecular weight excluding hydrogens is 445 g/mol. The number of carboxylic acid groups (broad SMARTS) is 1. The largest absolute Gasteiger partial charge is 0.481 e. The number of nitrogens with one attached hydrogen (secondary N) is 1. The number of carboxylic acids is 1. The third-order valence-corrected chi connectivity index (χ3v) is 6.51. The molecule has 3 aliphatic heterocycles. The van der Waals surface area contributed by atoms with Crippen LogP contribution in [-0.2, 0) is 14.4 Å². The molecule has 0 bridgehead atoms. The first kappa shape index (κ1) is 27.9. The number of nitrogens with zero attached hydrogens (tertiary/aromatic N) is 4. The summed E-state index contributed by atoms with van der Waals surface area (Å²) in [5.41, 5.74) is 0. The minimum absolute atomic E-state index is 0. The Labute approximate surface area is 197 Å². The summed E-state index contributed by atoms with van der Waals surface area (Å²) in [4.78, 5) is 40.3. The molecule has 31 heavy (non-hydrogen) atoms. The van der Waals surface area contributed by atoms with Gasteiger partial charge in [0.1, 0.15) is 0 Å². The van der Waals surface area contributed by atoms with E-state index in [2.05, 4.69) is 10.2 Å². The Balaban J connectivity index is 0.00000240. The van der Waals surface area contributed by atoms with Gasteiger partial charge < -0.3 is 15.3 Å². The van der Waals surface area contributed by atoms with Gasteiger partial charge in [-0.05, 0) is 38.8 Å². The van der Waals surface area contributed by atoms with Gasteiger partial charge in [-0.2, -0.15) is 0 Å². The number of halogens is 2. The molecule has 3 aliphatic rings. The topological polar surface area (TPSA) is 96.4 Å². The van der Waals surface area contributed by atoms with Crippen LogP contribution in [0.25, 0.3) is 0 Å². The summed E-state index contributed by atoms with van der Waals surface area (Å²) in [6.07, 6.45) is 3.75. The van der Waals surface area contributed by atoms with E-state index in [0.29, 0.717) is 32.0 Å². The molecule has 2 amide bonds. The first-order valence-electron chi connectivity index (χ1n) is 10.9. The van der Waals surface area contributed by atoms with E-state index in [0.717, 1.165) is 39.3 Å². The van der Waals surface area contributed by atoms with Gasteiger partial charge >= 0.3 is 5.97 Å². The number of rotatable bonds is 6. The monoisotopic (exact) mass is 481 g/mol. The Bertz CT molecular complexity index is 590. The third kappa shape index (κ3) is 7.75. The van der Waals surface area contributed by atoms with Crippen LogP contribution in [0, 0.1) is 5.92 Å². The molecule has 0 radical (unpaired) electrons. The Morgan fingerprint density at radius 1 is 0.935 bits per heavy atom. The minimum Gasteiger partial charge on any atom is -0.481 e. The fourth-order valence-electron chi connectivity index (χ4n) is 4.79. The Morgan fingerprint density at radius 3 is 2.03 bits per heavy atom.